The molecule has 0 amide bonds. The predicted molar refractivity (Wildman–Crippen MR) is 191 cm³/mol. The Hall–Kier alpha value is -5.74. The molecule has 0 bridgehead atoms. The summed E-state index contributed by atoms with van der Waals surface area (Å²) in [6.45, 7) is 1.97. The molecule has 1 unspecified atom stereocenters. The zero-order chi connectivity index (χ0) is 30.8. The van der Waals surface area contributed by atoms with Crippen LogP contribution < -0.4 is 10.6 Å². The number of nitrogens with one attached hydrogen (secondary N) is 1. The number of fused-ring (bicyclic) bond motifs is 4. The predicted octanol–water partition coefficient (Wildman–Crippen LogP) is 9.71. The van der Waals surface area contributed by atoms with Gasteiger partial charge in [-0.15, -0.1) is 0 Å². The number of hydrogen-bond acceptors (Lipinski definition) is 2. The zero-order valence-corrected chi connectivity index (χ0v) is 25.2. The lowest BCUT2D eigenvalue weighted by molar-refractivity contribution is 0.829. The van der Waals surface area contributed by atoms with Gasteiger partial charge in [0.1, 0.15) is 5.84 Å². The van der Waals surface area contributed by atoms with Crippen molar-refractivity contribution in [2.24, 2.45) is 10.7 Å². The summed E-state index contributed by atoms with van der Waals surface area (Å²) in [5.74, 6) is 0.427. The van der Waals surface area contributed by atoms with Gasteiger partial charge in [0, 0.05) is 28.1 Å². The van der Waals surface area contributed by atoms with Crippen LogP contribution in [0.3, 0.4) is 0 Å². The molecule has 45 heavy (non-hydrogen) atoms. The fourth-order valence-electron chi connectivity index (χ4n) is 6.48. The van der Waals surface area contributed by atoms with Crippen molar-refractivity contribution in [3.05, 3.63) is 168 Å². The van der Waals surface area contributed by atoms with Gasteiger partial charge in [0.15, 0.2) is 5.84 Å². The number of hydrogen-bond donors (Lipinski definition) is 2. The molecule has 4 heteroatoms. The molecule has 7 rings (SSSR count). The van der Waals surface area contributed by atoms with Crippen LogP contribution >= 0.6 is 0 Å². The molecule has 0 aromatic heterocycles. The number of anilines is 2. The van der Waals surface area contributed by atoms with Crippen molar-refractivity contribution in [3.63, 3.8) is 0 Å². The van der Waals surface area contributed by atoms with Crippen molar-refractivity contribution < 1.29 is 0 Å². The summed E-state index contributed by atoms with van der Waals surface area (Å²) < 4.78 is 0. The summed E-state index contributed by atoms with van der Waals surface area (Å²) >= 11 is 0. The highest BCUT2D eigenvalue weighted by Gasteiger charge is 2.34. The zero-order valence-electron chi connectivity index (χ0n) is 25.2. The van der Waals surface area contributed by atoms with Crippen LogP contribution in [-0.2, 0) is 0 Å². The highest BCUT2D eigenvalue weighted by molar-refractivity contribution is 6.28. The molecule has 1 heterocycles. The average Bonchev–Trinajstić information content (AvgIpc) is 3.43. The lowest BCUT2D eigenvalue weighted by Crippen LogP contribution is -2.27. The van der Waals surface area contributed by atoms with Gasteiger partial charge in [-0.2, -0.15) is 0 Å². The van der Waals surface area contributed by atoms with E-state index in [9.17, 15) is 0 Å². The van der Waals surface area contributed by atoms with Crippen molar-refractivity contribution in [2.75, 3.05) is 4.90 Å². The Kier molecular flexibility index (Phi) is 7.54. The first-order valence-electron chi connectivity index (χ1n) is 15.3. The number of benzene rings is 5. The fraction of sp³-hybridized carbons (Fsp3) is 0.0732. The molecule has 1 atom stereocenters. The molecule has 3 N–H and O–H groups in total. The van der Waals surface area contributed by atoms with Crippen LogP contribution in [0.5, 0.6) is 0 Å². The Bertz CT molecular complexity index is 2060. The monoisotopic (exact) mass is 582 g/mol. The number of aliphatic imine (C=N–C) groups is 1. The van der Waals surface area contributed by atoms with Crippen molar-refractivity contribution in [2.45, 2.75) is 19.4 Å². The van der Waals surface area contributed by atoms with Gasteiger partial charge in [0.25, 0.3) is 0 Å². The van der Waals surface area contributed by atoms with E-state index in [0.29, 0.717) is 11.4 Å². The molecule has 218 valence electrons. The van der Waals surface area contributed by atoms with Gasteiger partial charge >= 0.3 is 0 Å². The van der Waals surface area contributed by atoms with E-state index in [4.69, 9.17) is 11.1 Å². The molecule has 0 saturated heterocycles. The minimum Gasteiger partial charge on any atom is -0.383 e. The van der Waals surface area contributed by atoms with Gasteiger partial charge in [-0.05, 0) is 76.7 Å². The summed E-state index contributed by atoms with van der Waals surface area (Å²) in [4.78, 5) is 7.04. The van der Waals surface area contributed by atoms with Crippen LogP contribution in [0.25, 0.3) is 33.0 Å². The molecular weight excluding hydrogens is 548 g/mol. The summed E-state index contributed by atoms with van der Waals surface area (Å²) in [5, 5.41) is 11.1. The Balaban J connectivity index is 1.21. The number of para-hydroxylation sites is 1. The van der Waals surface area contributed by atoms with Crippen LogP contribution in [0.2, 0.25) is 0 Å². The second kappa shape index (κ2) is 12.1. The van der Waals surface area contributed by atoms with Gasteiger partial charge in [-0.3, -0.25) is 5.41 Å². The van der Waals surface area contributed by atoms with Crippen molar-refractivity contribution in [1.29, 1.82) is 5.41 Å². The van der Waals surface area contributed by atoms with E-state index < -0.39 is 0 Å². The van der Waals surface area contributed by atoms with Gasteiger partial charge in [0.05, 0.1) is 6.04 Å². The average molecular weight is 583 g/mol. The summed E-state index contributed by atoms with van der Waals surface area (Å²) in [6, 6.07) is 40.0. The smallest absolute Gasteiger partial charge is 0.154 e. The van der Waals surface area contributed by atoms with E-state index >= 15 is 0 Å². The molecule has 5 aromatic rings. The summed E-state index contributed by atoms with van der Waals surface area (Å²) in [5.41, 5.74) is 16.5. The molecule has 4 nitrogen and oxygen atoms in total. The second-order valence-electron chi connectivity index (χ2n) is 11.3. The Morgan fingerprint density at radius 3 is 2.36 bits per heavy atom. The number of allylic oxidation sites excluding steroid dienone is 5. The van der Waals surface area contributed by atoms with E-state index in [1.807, 2.05) is 49.4 Å². The van der Waals surface area contributed by atoms with Crippen LogP contribution in [0, 0.1) is 5.41 Å². The largest absolute Gasteiger partial charge is 0.383 e. The highest BCUT2D eigenvalue weighted by Crippen LogP contribution is 2.47. The Morgan fingerprint density at radius 2 is 1.56 bits per heavy atom. The maximum Gasteiger partial charge on any atom is 0.154 e. The molecule has 0 spiro atoms. The van der Waals surface area contributed by atoms with E-state index in [1.165, 1.54) is 16.8 Å². The van der Waals surface area contributed by atoms with E-state index in [1.54, 1.807) is 0 Å². The van der Waals surface area contributed by atoms with Gasteiger partial charge in [-0.1, -0.05) is 121 Å². The van der Waals surface area contributed by atoms with Crippen molar-refractivity contribution in [3.8, 4) is 11.1 Å². The SMILES string of the molecule is C/C=C\C=C(/C(N)=NC(=N)c1ccc(N2c3ccccc3C3=CC=CCC32)cc1)c1ccc(-c2ccccc2)c2ccccc12. The molecule has 0 saturated carbocycles. The topological polar surface area (TPSA) is 65.5 Å². The molecule has 5 aromatic carbocycles. The molecule has 1 aliphatic heterocycles. The maximum atomic E-state index is 8.90. The third-order valence-electron chi connectivity index (χ3n) is 8.60. The van der Waals surface area contributed by atoms with Crippen LogP contribution in [0.15, 0.2) is 157 Å². The highest BCUT2D eigenvalue weighted by atomic mass is 15.2. The quantitative estimate of drug-likeness (QED) is 0.119. The molecule has 1 aliphatic carbocycles. The first-order chi connectivity index (χ1) is 22.1. The minimum absolute atomic E-state index is 0.124. The Labute approximate surface area is 264 Å². The summed E-state index contributed by atoms with van der Waals surface area (Å²) in [6.07, 6.45) is 13.5. The number of rotatable bonds is 6. The van der Waals surface area contributed by atoms with Gasteiger partial charge in [0.2, 0.25) is 0 Å². The molecule has 0 fully saturated rings. The number of nitrogens with zero attached hydrogens (tertiary/aromatic N) is 2. The first kappa shape index (κ1) is 28.1. The van der Waals surface area contributed by atoms with Crippen LogP contribution in [0.4, 0.5) is 11.4 Å². The lowest BCUT2D eigenvalue weighted by atomic mass is 9.91. The number of amidine groups is 2. The molecular formula is C41H34N4. The summed E-state index contributed by atoms with van der Waals surface area (Å²) in [7, 11) is 0. The normalized spacial score (nSPS) is 16.2. The number of nitrogens with two attached hydrogens (primary N) is 1. The Morgan fingerprint density at radius 1 is 0.822 bits per heavy atom. The van der Waals surface area contributed by atoms with Gasteiger partial charge in [-0.25, -0.2) is 4.99 Å². The van der Waals surface area contributed by atoms with Crippen LogP contribution in [0.1, 0.15) is 30.0 Å². The fourth-order valence-corrected chi connectivity index (χ4v) is 6.48. The van der Waals surface area contributed by atoms with Crippen molar-refractivity contribution in [1.82, 2.24) is 0 Å². The second-order valence-corrected chi connectivity index (χ2v) is 11.3. The minimum atomic E-state index is 0.124. The van der Waals surface area contributed by atoms with E-state index in [-0.39, 0.29) is 11.9 Å². The van der Waals surface area contributed by atoms with Gasteiger partial charge < -0.3 is 10.6 Å². The standard InChI is InChI=1S/C41H34N4/c1-2-3-15-37(34-27-26-31(28-13-5-4-6-14-28)32-16-7-8-17-33(32)34)41(43)44-40(42)29-22-24-30(25-23-29)45-38-20-11-9-18-35(38)36-19-10-12-21-39(36)45/h2-20,22-27,39H,21H2,1H3,(H3,42,43,44)/b3-2-,37-15-. The van der Waals surface area contributed by atoms with E-state index in [2.05, 4.69) is 119 Å². The third-order valence-corrected chi connectivity index (χ3v) is 8.60. The van der Waals surface area contributed by atoms with Crippen LogP contribution in [-0.4, -0.2) is 17.7 Å². The third kappa shape index (κ3) is 5.21. The lowest BCUT2D eigenvalue weighted by Gasteiger charge is -2.28. The van der Waals surface area contributed by atoms with E-state index in [0.717, 1.165) is 45.1 Å². The molecule has 2 aliphatic rings. The maximum absolute atomic E-state index is 8.90. The van der Waals surface area contributed by atoms with Crippen molar-refractivity contribution >= 4 is 45.0 Å². The first-order valence-corrected chi connectivity index (χ1v) is 15.3. The molecule has 0 radical (unpaired) electrons.